The molecule has 0 bridgehead atoms. The predicted molar refractivity (Wildman–Crippen MR) is 94.5 cm³/mol. The first-order valence-corrected chi connectivity index (χ1v) is 9.58. The molecule has 2 saturated carbocycles. The quantitative estimate of drug-likeness (QED) is 0.935. The summed E-state index contributed by atoms with van der Waals surface area (Å²) in [5.41, 5.74) is 2.55. The van der Waals surface area contributed by atoms with Gasteiger partial charge in [0, 0.05) is 36.9 Å². The van der Waals surface area contributed by atoms with Gasteiger partial charge in [0.25, 0.3) is 5.91 Å². The second-order valence-corrected chi connectivity index (χ2v) is 7.97. The molecule has 2 aromatic rings. The predicted octanol–water partition coefficient (Wildman–Crippen LogP) is 2.97. The largest absolute Gasteiger partial charge is 0.377 e. The number of aromatic nitrogens is 2. The van der Waals surface area contributed by atoms with E-state index in [9.17, 15) is 4.79 Å². The van der Waals surface area contributed by atoms with E-state index in [2.05, 4.69) is 10.3 Å². The molecule has 1 aliphatic heterocycles. The van der Waals surface area contributed by atoms with Gasteiger partial charge in [-0.2, -0.15) is 0 Å². The number of hydrogen-bond acceptors (Lipinski definition) is 3. The molecular formula is C20H25N3O2. The Morgan fingerprint density at radius 3 is 2.92 bits per heavy atom. The van der Waals surface area contributed by atoms with Crippen LogP contribution < -0.4 is 5.32 Å². The molecule has 3 heterocycles. The summed E-state index contributed by atoms with van der Waals surface area (Å²) in [7, 11) is 0. The average Bonchev–Trinajstić information content (AvgIpc) is 3.31. The standard InChI is InChI=1S/C20H25N3O2/c1-12-10-23-11-14(6-7-16(23)21-12)20(24)22-18-15-8-9-25-19(15)17(18)13-4-2-3-5-13/h6-7,10-11,13,15,17-19H,2-5,8-9H2,1H3,(H,22,24)/t15-,17+,18-,19-/m0/s1. The lowest BCUT2D eigenvalue weighted by molar-refractivity contribution is -0.0784. The lowest BCUT2D eigenvalue weighted by Crippen LogP contribution is -2.63. The zero-order valence-corrected chi connectivity index (χ0v) is 14.6. The molecule has 0 spiro atoms. The third-order valence-electron chi connectivity index (χ3n) is 6.51. The number of hydrogen-bond donors (Lipinski definition) is 1. The number of aryl methyl sites for hydroxylation is 1. The van der Waals surface area contributed by atoms with Crippen molar-refractivity contribution in [2.45, 2.75) is 51.2 Å². The summed E-state index contributed by atoms with van der Waals surface area (Å²) in [6, 6.07) is 4.07. The van der Waals surface area contributed by atoms with Crippen molar-refractivity contribution in [1.82, 2.24) is 14.7 Å². The van der Waals surface area contributed by atoms with Gasteiger partial charge in [0.2, 0.25) is 0 Å². The first-order valence-electron chi connectivity index (χ1n) is 9.58. The number of nitrogens with one attached hydrogen (secondary N) is 1. The molecule has 3 aliphatic rings. The van der Waals surface area contributed by atoms with E-state index < -0.39 is 0 Å². The van der Waals surface area contributed by atoms with Crippen molar-refractivity contribution in [2.75, 3.05) is 6.61 Å². The fourth-order valence-electron chi connectivity index (χ4n) is 5.35. The van der Waals surface area contributed by atoms with Crippen LogP contribution in [0.2, 0.25) is 0 Å². The van der Waals surface area contributed by atoms with Gasteiger partial charge in [-0.25, -0.2) is 4.98 Å². The molecule has 5 rings (SSSR count). The summed E-state index contributed by atoms with van der Waals surface area (Å²) in [6.45, 7) is 2.82. The third kappa shape index (κ3) is 2.48. The zero-order chi connectivity index (χ0) is 17.0. The maximum atomic E-state index is 12.9. The van der Waals surface area contributed by atoms with Gasteiger partial charge < -0.3 is 14.5 Å². The molecule has 0 aromatic carbocycles. The van der Waals surface area contributed by atoms with Crippen LogP contribution >= 0.6 is 0 Å². The van der Waals surface area contributed by atoms with E-state index in [1.165, 1.54) is 25.7 Å². The van der Waals surface area contributed by atoms with E-state index in [1.54, 1.807) is 0 Å². The Balaban J connectivity index is 1.36. The Bertz CT molecular complexity index is 804. The summed E-state index contributed by atoms with van der Waals surface area (Å²) < 4.78 is 7.92. The molecule has 132 valence electrons. The summed E-state index contributed by atoms with van der Waals surface area (Å²) in [5.74, 6) is 1.78. The molecule has 1 amide bonds. The number of carbonyl (C=O) groups is 1. The Hall–Kier alpha value is -1.88. The number of imidazole rings is 1. The summed E-state index contributed by atoms with van der Waals surface area (Å²) in [4.78, 5) is 17.3. The van der Waals surface area contributed by atoms with Crippen LogP contribution in [0.5, 0.6) is 0 Å². The molecule has 0 unspecified atom stereocenters. The highest BCUT2D eigenvalue weighted by atomic mass is 16.5. The van der Waals surface area contributed by atoms with Crippen LogP contribution in [-0.4, -0.2) is 34.0 Å². The highest BCUT2D eigenvalue weighted by Crippen LogP contribution is 2.51. The molecule has 25 heavy (non-hydrogen) atoms. The monoisotopic (exact) mass is 339 g/mol. The molecule has 3 fully saturated rings. The molecule has 2 aliphatic carbocycles. The summed E-state index contributed by atoms with van der Waals surface area (Å²) in [6.07, 6.45) is 10.6. The number of ether oxygens (including phenoxy) is 1. The zero-order valence-electron chi connectivity index (χ0n) is 14.6. The van der Waals surface area contributed by atoms with Gasteiger partial charge in [0.05, 0.1) is 17.4 Å². The number of carbonyl (C=O) groups excluding carboxylic acids is 1. The first kappa shape index (κ1) is 15.4. The van der Waals surface area contributed by atoms with Crippen molar-refractivity contribution in [2.24, 2.45) is 17.8 Å². The van der Waals surface area contributed by atoms with E-state index >= 15 is 0 Å². The van der Waals surface area contributed by atoms with Crippen molar-refractivity contribution in [3.63, 3.8) is 0 Å². The second kappa shape index (κ2) is 5.84. The van der Waals surface area contributed by atoms with E-state index in [0.29, 0.717) is 23.5 Å². The minimum absolute atomic E-state index is 0.0339. The number of nitrogens with zero attached hydrogens (tertiary/aromatic N) is 2. The van der Waals surface area contributed by atoms with Crippen LogP contribution in [0.25, 0.3) is 5.65 Å². The van der Waals surface area contributed by atoms with E-state index in [4.69, 9.17) is 4.74 Å². The molecule has 5 heteroatoms. The van der Waals surface area contributed by atoms with Crippen LogP contribution in [0.4, 0.5) is 0 Å². The highest BCUT2D eigenvalue weighted by Gasteiger charge is 2.57. The average molecular weight is 339 g/mol. The normalized spacial score (nSPS) is 31.9. The van der Waals surface area contributed by atoms with Crippen LogP contribution in [0.15, 0.2) is 24.5 Å². The Labute approximate surface area is 147 Å². The van der Waals surface area contributed by atoms with Crippen molar-refractivity contribution >= 4 is 11.6 Å². The minimum atomic E-state index is 0.0339. The van der Waals surface area contributed by atoms with Crippen molar-refractivity contribution in [3.05, 3.63) is 35.8 Å². The van der Waals surface area contributed by atoms with Gasteiger partial charge in [-0.15, -0.1) is 0 Å². The molecule has 4 atom stereocenters. The fraction of sp³-hybridized carbons (Fsp3) is 0.600. The van der Waals surface area contributed by atoms with Crippen LogP contribution in [0.1, 0.15) is 48.2 Å². The summed E-state index contributed by atoms with van der Waals surface area (Å²) in [5, 5.41) is 3.35. The van der Waals surface area contributed by atoms with Crippen molar-refractivity contribution < 1.29 is 9.53 Å². The van der Waals surface area contributed by atoms with E-state index in [0.717, 1.165) is 30.3 Å². The molecule has 2 aromatic heterocycles. The van der Waals surface area contributed by atoms with Crippen molar-refractivity contribution in [3.8, 4) is 0 Å². The SMILES string of the molecule is Cc1cn2cc(C(=O)N[C@H]3[C@@H]4CCO[C@@H]4[C@@H]3C3CCCC3)ccc2n1. The number of amides is 1. The lowest BCUT2D eigenvalue weighted by atomic mass is 9.61. The Morgan fingerprint density at radius 1 is 1.24 bits per heavy atom. The summed E-state index contributed by atoms with van der Waals surface area (Å²) >= 11 is 0. The molecular weight excluding hydrogens is 314 g/mol. The van der Waals surface area contributed by atoms with Crippen LogP contribution in [0.3, 0.4) is 0 Å². The Kier molecular flexibility index (Phi) is 3.59. The van der Waals surface area contributed by atoms with Gasteiger partial charge >= 0.3 is 0 Å². The maximum Gasteiger partial charge on any atom is 0.253 e. The second-order valence-electron chi connectivity index (χ2n) is 7.97. The van der Waals surface area contributed by atoms with Gasteiger partial charge in [0.15, 0.2) is 0 Å². The first-order chi connectivity index (χ1) is 12.2. The van der Waals surface area contributed by atoms with E-state index in [-0.39, 0.29) is 11.9 Å². The van der Waals surface area contributed by atoms with Crippen LogP contribution in [0, 0.1) is 24.7 Å². The van der Waals surface area contributed by atoms with Gasteiger partial charge in [0.1, 0.15) is 5.65 Å². The minimum Gasteiger partial charge on any atom is -0.377 e. The lowest BCUT2D eigenvalue weighted by Gasteiger charge is -2.50. The maximum absolute atomic E-state index is 12.9. The van der Waals surface area contributed by atoms with Gasteiger partial charge in [-0.05, 0) is 31.4 Å². The van der Waals surface area contributed by atoms with Gasteiger partial charge in [-0.1, -0.05) is 25.7 Å². The van der Waals surface area contributed by atoms with E-state index in [1.807, 2.05) is 35.9 Å². The smallest absolute Gasteiger partial charge is 0.253 e. The number of pyridine rings is 1. The van der Waals surface area contributed by atoms with Crippen molar-refractivity contribution in [1.29, 1.82) is 0 Å². The van der Waals surface area contributed by atoms with Gasteiger partial charge in [-0.3, -0.25) is 4.79 Å². The molecule has 5 nitrogen and oxygen atoms in total. The third-order valence-corrected chi connectivity index (χ3v) is 6.51. The topological polar surface area (TPSA) is 55.6 Å². The number of rotatable bonds is 3. The number of fused-ring (bicyclic) bond motifs is 2. The highest BCUT2D eigenvalue weighted by molar-refractivity contribution is 5.94. The fourth-order valence-corrected chi connectivity index (χ4v) is 5.35. The molecule has 1 N–H and O–H groups in total. The van der Waals surface area contributed by atoms with Crippen LogP contribution in [-0.2, 0) is 4.74 Å². The molecule has 0 radical (unpaired) electrons. The Morgan fingerprint density at radius 2 is 2.08 bits per heavy atom. The molecule has 1 saturated heterocycles.